The quantitative estimate of drug-likeness (QED) is 0.615. The SMILES string of the molecule is CNCC#Cc1cc(OC(F)(F)F)ccc1N. The number of ether oxygens (including phenoxy) is 1. The van der Waals surface area contributed by atoms with E-state index in [2.05, 4.69) is 21.9 Å². The van der Waals surface area contributed by atoms with Crippen LogP contribution in [0.2, 0.25) is 0 Å². The zero-order valence-corrected chi connectivity index (χ0v) is 9.06. The number of hydrogen-bond acceptors (Lipinski definition) is 3. The van der Waals surface area contributed by atoms with Crippen molar-refractivity contribution in [3.63, 3.8) is 0 Å². The Labute approximate surface area is 96.8 Å². The lowest BCUT2D eigenvalue weighted by Crippen LogP contribution is -2.17. The van der Waals surface area contributed by atoms with Gasteiger partial charge in [0.05, 0.1) is 12.1 Å². The second kappa shape index (κ2) is 5.46. The predicted octanol–water partition coefficient (Wildman–Crippen LogP) is 1.74. The summed E-state index contributed by atoms with van der Waals surface area (Å²) in [4.78, 5) is 0. The molecule has 0 radical (unpaired) electrons. The molecule has 0 fully saturated rings. The van der Waals surface area contributed by atoms with Crippen LogP contribution in [0.1, 0.15) is 5.56 Å². The fraction of sp³-hybridized carbons (Fsp3) is 0.273. The molecule has 0 heterocycles. The summed E-state index contributed by atoms with van der Waals surface area (Å²) in [6.07, 6.45) is -4.72. The number of rotatable bonds is 2. The van der Waals surface area contributed by atoms with Gasteiger partial charge in [0, 0.05) is 5.69 Å². The molecule has 1 rings (SSSR count). The molecule has 1 aromatic carbocycles. The van der Waals surface area contributed by atoms with Crippen LogP contribution in [-0.2, 0) is 0 Å². The Bertz CT molecular complexity index is 446. The molecule has 17 heavy (non-hydrogen) atoms. The van der Waals surface area contributed by atoms with Gasteiger partial charge in [-0.15, -0.1) is 13.2 Å². The lowest BCUT2D eigenvalue weighted by molar-refractivity contribution is -0.274. The average Bonchev–Trinajstić information content (AvgIpc) is 2.21. The normalized spacial score (nSPS) is 10.6. The predicted molar refractivity (Wildman–Crippen MR) is 58.3 cm³/mol. The number of anilines is 1. The molecule has 1 aromatic rings. The molecule has 0 aliphatic carbocycles. The Balaban J connectivity index is 2.92. The van der Waals surface area contributed by atoms with Gasteiger partial charge in [-0.25, -0.2) is 0 Å². The van der Waals surface area contributed by atoms with Gasteiger partial charge in [-0.2, -0.15) is 0 Å². The molecule has 0 amide bonds. The standard InChI is InChI=1S/C11H11F3N2O/c1-16-6-2-3-8-7-9(4-5-10(8)15)17-11(12,13)14/h4-5,7,16H,6,15H2,1H3. The zero-order valence-electron chi connectivity index (χ0n) is 9.06. The molecule has 6 heteroatoms. The monoisotopic (exact) mass is 244 g/mol. The van der Waals surface area contributed by atoms with E-state index in [1.165, 1.54) is 6.07 Å². The van der Waals surface area contributed by atoms with Crippen molar-refractivity contribution in [1.29, 1.82) is 0 Å². The molecule has 0 spiro atoms. The molecule has 3 nitrogen and oxygen atoms in total. The number of benzene rings is 1. The van der Waals surface area contributed by atoms with E-state index in [9.17, 15) is 13.2 Å². The largest absolute Gasteiger partial charge is 0.573 e. The van der Waals surface area contributed by atoms with Crippen LogP contribution in [0.4, 0.5) is 18.9 Å². The Morgan fingerprint density at radius 2 is 2.12 bits per heavy atom. The van der Waals surface area contributed by atoms with Crippen LogP contribution in [0.3, 0.4) is 0 Å². The first-order valence-electron chi connectivity index (χ1n) is 4.71. The zero-order chi connectivity index (χ0) is 12.9. The minimum absolute atomic E-state index is 0.307. The van der Waals surface area contributed by atoms with Crippen molar-refractivity contribution in [2.75, 3.05) is 19.3 Å². The second-order valence-corrected chi connectivity index (χ2v) is 3.13. The molecule has 0 aromatic heterocycles. The van der Waals surface area contributed by atoms with Crippen molar-refractivity contribution in [3.8, 4) is 17.6 Å². The summed E-state index contributed by atoms with van der Waals surface area (Å²) in [6.45, 7) is 0.420. The number of nitrogens with two attached hydrogens (primary N) is 1. The van der Waals surface area contributed by atoms with Crippen LogP contribution in [0.15, 0.2) is 18.2 Å². The van der Waals surface area contributed by atoms with Gasteiger partial charge in [-0.1, -0.05) is 11.8 Å². The number of hydrogen-bond donors (Lipinski definition) is 2. The van der Waals surface area contributed by atoms with Gasteiger partial charge in [0.2, 0.25) is 0 Å². The summed E-state index contributed by atoms with van der Waals surface area (Å²) in [5, 5.41) is 2.78. The summed E-state index contributed by atoms with van der Waals surface area (Å²) >= 11 is 0. The van der Waals surface area contributed by atoms with Crippen LogP contribution < -0.4 is 15.8 Å². The van der Waals surface area contributed by atoms with Gasteiger partial charge in [0.1, 0.15) is 5.75 Å². The summed E-state index contributed by atoms with van der Waals surface area (Å²) in [5.41, 5.74) is 6.19. The van der Waals surface area contributed by atoms with Crippen LogP contribution >= 0.6 is 0 Å². The van der Waals surface area contributed by atoms with E-state index >= 15 is 0 Å². The van der Waals surface area contributed by atoms with E-state index in [1.807, 2.05) is 0 Å². The van der Waals surface area contributed by atoms with Crippen LogP contribution in [0.5, 0.6) is 5.75 Å². The van der Waals surface area contributed by atoms with Crippen molar-refractivity contribution in [2.24, 2.45) is 0 Å². The maximum absolute atomic E-state index is 12.0. The van der Waals surface area contributed by atoms with Crippen LogP contribution in [0, 0.1) is 11.8 Å². The highest BCUT2D eigenvalue weighted by atomic mass is 19.4. The molecular weight excluding hydrogens is 233 g/mol. The van der Waals surface area contributed by atoms with E-state index in [1.54, 1.807) is 7.05 Å². The Hall–Kier alpha value is -1.87. The van der Waals surface area contributed by atoms with E-state index in [4.69, 9.17) is 5.73 Å². The molecule has 0 saturated carbocycles. The van der Waals surface area contributed by atoms with Crippen LogP contribution in [0.25, 0.3) is 0 Å². The fourth-order valence-electron chi connectivity index (χ4n) is 1.07. The molecule has 0 bridgehead atoms. The lowest BCUT2D eigenvalue weighted by atomic mass is 10.2. The van der Waals surface area contributed by atoms with Gasteiger partial charge in [-0.3, -0.25) is 0 Å². The molecule has 3 N–H and O–H groups in total. The fourth-order valence-corrected chi connectivity index (χ4v) is 1.07. The highest BCUT2D eigenvalue weighted by Crippen LogP contribution is 2.25. The Morgan fingerprint density at radius 1 is 1.41 bits per heavy atom. The van der Waals surface area contributed by atoms with Crippen molar-refractivity contribution >= 4 is 5.69 Å². The van der Waals surface area contributed by atoms with Gasteiger partial charge in [0.25, 0.3) is 0 Å². The van der Waals surface area contributed by atoms with Crippen molar-refractivity contribution in [1.82, 2.24) is 5.32 Å². The highest BCUT2D eigenvalue weighted by molar-refractivity contribution is 5.58. The highest BCUT2D eigenvalue weighted by Gasteiger charge is 2.31. The number of alkyl halides is 3. The summed E-state index contributed by atoms with van der Waals surface area (Å²) in [7, 11) is 1.71. The van der Waals surface area contributed by atoms with Crippen molar-refractivity contribution in [3.05, 3.63) is 23.8 Å². The summed E-state index contributed by atoms with van der Waals surface area (Å²) in [6, 6.07) is 3.63. The average molecular weight is 244 g/mol. The summed E-state index contributed by atoms with van der Waals surface area (Å²) < 4.78 is 39.7. The minimum Gasteiger partial charge on any atom is -0.406 e. The molecule has 0 unspecified atom stereocenters. The molecule has 0 saturated heterocycles. The first-order valence-corrected chi connectivity index (χ1v) is 4.71. The molecule has 0 aliphatic rings. The number of nitrogens with one attached hydrogen (secondary N) is 1. The van der Waals surface area contributed by atoms with Gasteiger partial charge < -0.3 is 15.8 Å². The second-order valence-electron chi connectivity index (χ2n) is 3.13. The summed E-state index contributed by atoms with van der Waals surface area (Å²) in [5.74, 6) is 5.03. The molecule has 0 aliphatic heterocycles. The third-order valence-electron chi connectivity index (χ3n) is 1.75. The first kappa shape index (κ1) is 13.2. The smallest absolute Gasteiger partial charge is 0.406 e. The van der Waals surface area contributed by atoms with E-state index < -0.39 is 6.36 Å². The Morgan fingerprint density at radius 3 is 2.71 bits per heavy atom. The number of halogens is 3. The maximum atomic E-state index is 12.0. The van der Waals surface area contributed by atoms with E-state index in [-0.39, 0.29) is 5.75 Å². The number of nitrogen functional groups attached to an aromatic ring is 1. The minimum atomic E-state index is -4.72. The molecule has 0 atom stereocenters. The third kappa shape index (κ3) is 4.66. The molecular formula is C11H11F3N2O. The topological polar surface area (TPSA) is 47.3 Å². The van der Waals surface area contributed by atoms with Gasteiger partial charge >= 0.3 is 6.36 Å². The van der Waals surface area contributed by atoms with Gasteiger partial charge in [0.15, 0.2) is 0 Å². The maximum Gasteiger partial charge on any atom is 0.573 e. The van der Waals surface area contributed by atoms with Crippen molar-refractivity contribution < 1.29 is 17.9 Å². The van der Waals surface area contributed by atoms with E-state index in [0.29, 0.717) is 17.8 Å². The third-order valence-corrected chi connectivity index (χ3v) is 1.75. The van der Waals surface area contributed by atoms with E-state index in [0.717, 1.165) is 12.1 Å². The Kier molecular flexibility index (Phi) is 4.24. The van der Waals surface area contributed by atoms with Gasteiger partial charge in [-0.05, 0) is 25.2 Å². The van der Waals surface area contributed by atoms with Crippen molar-refractivity contribution in [2.45, 2.75) is 6.36 Å². The first-order chi connectivity index (χ1) is 7.92. The molecule has 92 valence electrons. The lowest BCUT2D eigenvalue weighted by Gasteiger charge is -2.09. The van der Waals surface area contributed by atoms with Crippen LogP contribution in [-0.4, -0.2) is 20.0 Å².